The Morgan fingerprint density at radius 1 is 1.29 bits per heavy atom. The SMILES string of the molecule is Cn1c(=O)oc2cc(C(N)c3ccc(Br)cc3F)ccc21. The Balaban J connectivity index is 2.09. The van der Waals surface area contributed by atoms with Crippen LogP contribution in [0.25, 0.3) is 11.1 Å². The molecular weight excluding hydrogens is 339 g/mol. The molecule has 3 rings (SSSR count). The Labute approximate surface area is 128 Å². The summed E-state index contributed by atoms with van der Waals surface area (Å²) in [6, 6.07) is 9.29. The first-order valence-corrected chi connectivity index (χ1v) is 7.06. The van der Waals surface area contributed by atoms with Crippen molar-refractivity contribution in [2.45, 2.75) is 6.04 Å². The Hall–Kier alpha value is -1.92. The average Bonchev–Trinajstić information content (AvgIpc) is 2.73. The highest BCUT2D eigenvalue weighted by atomic mass is 79.9. The van der Waals surface area contributed by atoms with Gasteiger partial charge >= 0.3 is 5.76 Å². The quantitative estimate of drug-likeness (QED) is 0.772. The van der Waals surface area contributed by atoms with Crippen LogP contribution in [0.2, 0.25) is 0 Å². The summed E-state index contributed by atoms with van der Waals surface area (Å²) in [7, 11) is 1.63. The monoisotopic (exact) mass is 350 g/mol. The molecule has 21 heavy (non-hydrogen) atoms. The van der Waals surface area contributed by atoms with Gasteiger partial charge in [0.25, 0.3) is 0 Å². The van der Waals surface area contributed by atoms with Crippen molar-refractivity contribution in [3.63, 3.8) is 0 Å². The molecule has 2 aromatic carbocycles. The Morgan fingerprint density at radius 2 is 2.05 bits per heavy atom. The molecule has 0 aliphatic rings. The maximum atomic E-state index is 14.0. The lowest BCUT2D eigenvalue weighted by molar-refractivity contribution is 0.527. The molecule has 0 aliphatic heterocycles. The molecule has 2 N–H and O–H groups in total. The van der Waals surface area contributed by atoms with Gasteiger partial charge in [-0.15, -0.1) is 0 Å². The van der Waals surface area contributed by atoms with Crippen molar-refractivity contribution in [1.29, 1.82) is 0 Å². The summed E-state index contributed by atoms with van der Waals surface area (Å²) in [6.45, 7) is 0. The molecule has 0 saturated heterocycles. The fourth-order valence-electron chi connectivity index (χ4n) is 2.28. The second kappa shape index (κ2) is 5.13. The van der Waals surface area contributed by atoms with E-state index in [4.69, 9.17) is 10.2 Å². The Kier molecular flexibility index (Phi) is 3.43. The number of hydrogen-bond acceptors (Lipinski definition) is 3. The van der Waals surface area contributed by atoms with Crippen LogP contribution in [0.4, 0.5) is 4.39 Å². The highest BCUT2D eigenvalue weighted by molar-refractivity contribution is 9.10. The number of aromatic nitrogens is 1. The standard InChI is InChI=1S/C15H12BrFN2O2/c1-19-12-5-2-8(6-13(12)21-15(19)20)14(18)10-4-3-9(16)7-11(10)17/h2-7,14H,18H2,1H3. The maximum Gasteiger partial charge on any atom is 0.419 e. The topological polar surface area (TPSA) is 61.2 Å². The normalized spacial score (nSPS) is 12.8. The van der Waals surface area contributed by atoms with Gasteiger partial charge in [0, 0.05) is 17.1 Å². The van der Waals surface area contributed by atoms with Crippen LogP contribution in [0.3, 0.4) is 0 Å². The van der Waals surface area contributed by atoms with Crippen molar-refractivity contribution in [3.8, 4) is 0 Å². The van der Waals surface area contributed by atoms with Crippen LogP contribution in [0.5, 0.6) is 0 Å². The van der Waals surface area contributed by atoms with E-state index < -0.39 is 11.8 Å². The van der Waals surface area contributed by atoms with Gasteiger partial charge in [-0.25, -0.2) is 9.18 Å². The maximum absolute atomic E-state index is 14.0. The number of aryl methyl sites for hydroxylation is 1. The van der Waals surface area contributed by atoms with E-state index in [0.717, 1.165) is 0 Å². The lowest BCUT2D eigenvalue weighted by atomic mass is 9.99. The van der Waals surface area contributed by atoms with Crippen LogP contribution in [0, 0.1) is 5.82 Å². The van der Waals surface area contributed by atoms with Gasteiger partial charge in [-0.05, 0) is 29.8 Å². The lowest BCUT2D eigenvalue weighted by Gasteiger charge is -2.13. The summed E-state index contributed by atoms with van der Waals surface area (Å²) in [6.07, 6.45) is 0. The molecule has 1 unspecified atom stereocenters. The second-order valence-electron chi connectivity index (χ2n) is 4.80. The number of benzene rings is 2. The summed E-state index contributed by atoms with van der Waals surface area (Å²) in [4.78, 5) is 11.5. The predicted molar refractivity (Wildman–Crippen MR) is 81.6 cm³/mol. The zero-order chi connectivity index (χ0) is 15.1. The van der Waals surface area contributed by atoms with E-state index in [9.17, 15) is 9.18 Å². The molecule has 1 heterocycles. The van der Waals surface area contributed by atoms with Crippen LogP contribution >= 0.6 is 15.9 Å². The van der Waals surface area contributed by atoms with Gasteiger partial charge in [0.15, 0.2) is 5.58 Å². The van der Waals surface area contributed by atoms with Crippen molar-refractivity contribution < 1.29 is 8.81 Å². The molecule has 6 heteroatoms. The van der Waals surface area contributed by atoms with Gasteiger partial charge in [0.2, 0.25) is 0 Å². The molecule has 1 aromatic heterocycles. The van der Waals surface area contributed by atoms with Crippen LogP contribution in [0.15, 0.2) is 50.1 Å². The van der Waals surface area contributed by atoms with Crippen LogP contribution in [-0.4, -0.2) is 4.57 Å². The van der Waals surface area contributed by atoms with E-state index in [-0.39, 0.29) is 5.82 Å². The zero-order valence-electron chi connectivity index (χ0n) is 11.1. The minimum atomic E-state index is -0.631. The second-order valence-corrected chi connectivity index (χ2v) is 5.71. The average molecular weight is 351 g/mol. The summed E-state index contributed by atoms with van der Waals surface area (Å²) >= 11 is 3.21. The smallest absolute Gasteiger partial charge is 0.408 e. The number of nitrogens with two attached hydrogens (primary N) is 1. The van der Waals surface area contributed by atoms with Crippen molar-refractivity contribution in [1.82, 2.24) is 4.57 Å². The summed E-state index contributed by atoms with van der Waals surface area (Å²) in [5, 5.41) is 0. The third kappa shape index (κ3) is 2.41. The molecule has 0 radical (unpaired) electrons. The first kappa shape index (κ1) is 14.0. The number of oxazole rings is 1. The third-order valence-electron chi connectivity index (χ3n) is 3.47. The number of rotatable bonds is 2. The molecular formula is C15H12BrFN2O2. The van der Waals surface area contributed by atoms with E-state index in [0.29, 0.717) is 26.7 Å². The zero-order valence-corrected chi connectivity index (χ0v) is 12.7. The van der Waals surface area contributed by atoms with Crippen molar-refractivity contribution in [2.75, 3.05) is 0 Å². The fraction of sp³-hybridized carbons (Fsp3) is 0.133. The number of hydrogen-bond donors (Lipinski definition) is 1. The summed E-state index contributed by atoms with van der Waals surface area (Å²) < 4.78 is 21.2. The molecule has 0 aliphatic carbocycles. The first-order valence-electron chi connectivity index (χ1n) is 6.27. The van der Waals surface area contributed by atoms with E-state index in [1.165, 1.54) is 10.6 Å². The fourth-order valence-corrected chi connectivity index (χ4v) is 2.61. The molecule has 4 nitrogen and oxygen atoms in total. The van der Waals surface area contributed by atoms with Crippen LogP contribution in [0.1, 0.15) is 17.2 Å². The van der Waals surface area contributed by atoms with Gasteiger partial charge in [-0.1, -0.05) is 28.1 Å². The van der Waals surface area contributed by atoms with Crippen molar-refractivity contribution in [3.05, 3.63) is 68.4 Å². The van der Waals surface area contributed by atoms with Gasteiger partial charge in [-0.3, -0.25) is 4.57 Å². The highest BCUT2D eigenvalue weighted by Gasteiger charge is 2.16. The van der Waals surface area contributed by atoms with E-state index in [2.05, 4.69) is 15.9 Å². The minimum absolute atomic E-state index is 0.383. The molecule has 0 saturated carbocycles. The molecule has 0 bridgehead atoms. The van der Waals surface area contributed by atoms with Crippen LogP contribution < -0.4 is 11.5 Å². The van der Waals surface area contributed by atoms with E-state index >= 15 is 0 Å². The third-order valence-corrected chi connectivity index (χ3v) is 3.97. The predicted octanol–water partition coefficient (Wildman–Crippen LogP) is 3.08. The summed E-state index contributed by atoms with van der Waals surface area (Å²) in [5.74, 6) is -0.822. The molecule has 0 amide bonds. The van der Waals surface area contributed by atoms with Gasteiger partial charge in [0.05, 0.1) is 11.6 Å². The molecule has 3 aromatic rings. The van der Waals surface area contributed by atoms with Gasteiger partial charge < -0.3 is 10.2 Å². The van der Waals surface area contributed by atoms with Crippen molar-refractivity contribution >= 4 is 27.0 Å². The Bertz CT molecular complexity index is 885. The number of halogens is 2. The molecule has 1 atom stereocenters. The highest BCUT2D eigenvalue weighted by Crippen LogP contribution is 2.26. The minimum Gasteiger partial charge on any atom is -0.408 e. The van der Waals surface area contributed by atoms with Crippen LogP contribution in [-0.2, 0) is 7.05 Å². The summed E-state index contributed by atoms with van der Waals surface area (Å²) in [5.41, 5.74) is 8.30. The molecule has 108 valence electrons. The van der Waals surface area contributed by atoms with Gasteiger partial charge in [0.1, 0.15) is 5.82 Å². The largest absolute Gasteiger partial charge is 0.419 e. The Morgan fingerprint density at radius 3 is 2.76 bits per heavy atom. The lowest BCUT2D eigenvalue weighted by Crippen LogP contribution is -2.13. The molecule has 0 fully saturated rings. The number of fused-ring (bicyclic) bond motifs is 1. The van der Waals surface area contributed by atoms with E-state index in [1.54, 1.807) is 37.4 Å². The van der Waals surface area contributed by atoms with Gasteiger partial charge in [-0.2, -0.15) is 0 Å². The number of nitrogens with zero attached hydrogens (tertiary/aromatic N) is 1. The van der Waals surface area contributed by atoms with Crippen molar-refractivity contribution in [2.24, 2.45) is 12.8 Å². The molecule has 0 spiro atoms. The first-order chi connectivity index (χ1) is 9.97. The van der Waals surface area contributed by atoms with E-state index in [1.807, 2.05) is 0 Å².